The first-order chi connectivity index (χ1) is 5.88. The van der Waals surface area contributed by atoms with Crippen molar-refractivity contribution in [3.8, 4) is 0 Å². The fourth-order valence-electron chi connectivity index (χ4n) is 1.31. The minimum absolute atomic E-state index is 0. The molecule has 0 aliphatic carbocycles. The number of rotatable bonds is 3. The van der Waals surface area contributed by atoms with Crippen molar-refractivity contribution in [3.05, 3.63) is 0 Å². The van der Waals surface area contributed by atoms with Crippen molar-refractivity contribution in [2.24, 2.45) is 0 Å². The van der Waals surface area contributed by atoms with Crippen LogP contribution in [-0.2, 0) is 0 Å². The molecule has 1 rings (SSSR count). The molecule has 0 aromatic heterocycles. The van der Waals surface area contributed by atoms with Gasteiger partial charge in [0.05, 0.1) is 0 Å². The van der Waals surface area contributed by atoms with Gasteiger partial charge in [0.15, 0.2) is 0 Å². The van der Waals surface area contributed by atoms with E-state index in [0.717, 1.165) is 0 Å². The van der Waals surface area contributed by atoms with Crippen LogP contribution in [0.4, 0.5) is 21.7 Å². The minimum atomic E-state index is -4.84. The molecule has 1 aliphatic heterocycles. The Morgan fingerprint density at radius 3 is 1.86 bits per heavy atom. The standard InChI is InChI=1S/C6H10BF5N.K/c8-5-3-13(4-6(5)9)2-1-7(10,11)12;/h5-6H,1-4H2;/q-1;+1/t5-,6-;/m0./s1. The van der Waals surface area contributed by atoms with Crippen LogP contribution in [0.25, 0.3) is 0 Å². The monoisotopic (exact) mass is 241 g/mol. The van der Waals surface area contributed by atoms with Gasteiger partial charge < -0.3 is 17.8 Å². The molecule has 78 valence electrons. The molecule has 0 unspecified atom stereocenters. The van der Waals surface area contributed by atoms with Gasteiger partial charge in [-0.3, -0.25) is 0 Å². The molecule has 0 saturated carbocycles. The summed E-state index contributed by atoms with van der Waals surface area (Å²) in [6, 6.07) is 0. The first-order valence-corrected chi connectivity index (χ1v) is 4.10. The number of nitrogens with zero attached hydrogens (tertiary/aromatic N) is 1. The van der Waals surface area contributed by atoms with Gasteiger partial charge in [0.25, 0.3) is 0 Å². The van der Waals surface area contributed by atoms with E-state index in [1.165, 1.54) is 4.90 Å². The minimum Gasteiger partial charge on any atom is -0.449 e. The van der Waals surface area contributed by atoms with E-state index >= 15 is 0 Å². The Bertz CT molecular complexity index is 168. The summed E-state index contributed by atoms with van der Waals surface area (Å²) in [6.07, 6.45) is -4.19. The van der Waals surface area contributed by atoms with E-state index in [4.69, 9.17) is 0 Å². The van der Waals surface area contributed by atoms with Gasteiger partial charge in [-0.05, 0) is 6.54 Å². The van der Waals surface area contributed by atoms with Crippen molar-refractivity contribution >= 4 is 6.98 Å². The molecule has 2 atom stereocenters. The second-order valence-corrected chi connectivity index (χ2v) is 3.29. The molecule has 8 heteroatoms. The first-order valence-electron chi connectivity index (χ1n) is 4.10. The molecular weight excluding hydrogens is 231 g/mol. The molecule has 0 aromatic carbocycles. The van der Waals surface area contributed by atoms with Crippen molar-refractivity contribution in [2.75, 3.05) is 19.6 Å². The number of hydrogen-bond donors (Lipinski definition) is 0. The molecule has 1 saturated heterocycles. The summed E-state index contributed by atoms with van der Waals surface area (Å²) in [6.45, 7) is -5.55. The molecule has 1 heterocycles. The smallest absolute Gasteiger partial charge is 0.449 e. The van der Waals surface area contributed by atoms with Crippen LogP contribution in [0, 0.1) is 0 Å². The molecule has 14 heavy (non-hydrogen) atoms. The molecule has 1 nitrogen and oxygen atoms in total. The maximum absolute atomic E-state index is 12.5. The van der Waals surface area contributed by atoms with Crippen molar-refractivity contribution < 1.29 is 73.1 Å². The van der Waals surface area contributed by atoms with Gasteiger partial charge in [-0.25, -0.2) is 8.78 Å². The van der Waals surface area contributed by atoms with E-state index in [9.17, 15) is 21.7 Å². The van der Waals surface area contributed by atoms with Gasteiger partial charge in [-0.2, -0.15) is 0 Å². The first kappa shape index (κ1) is 15.3. The number of hydrogen-bond acceptors (Lipinski definition) is 1. The van der Waals surface area contributed by atoms with Gasteiger partial charge in [0.2, 0.25) is 0 Å². The maximum atomic E-state index is 12.5. The second-order valence-electron chi connectivity index (χ2n) is 3.29. The molecule has 1 aliphatic rings. The van der Waals surface area contributed by atoms with Gasteiger partial charge in [-0.15, -0.1) is 0 Å². The van der Waals surface area contributed by atoms with Crippen molar-refractivity contribution in [3.63, 3.8) is 0 Å². The SMILES string of the molecule is F[C@H]1CN(CC[B-](F)(F)F)C[C@@H]1F.[K+]. The molecule has 0 N–H and O–H groups in total. The van der Waals surface area contributed by atoms with E-state index in [-0.39, 0.29) is 71.0 Å². The molecule has 0 amide bonds. The van der Waals surface area contributed by atoms with Crippen LogP contribution in [0.5, 0.6) is 0 Å². The number of halogens is 5. The van der Waals surface area contributed by atoms with E-state index in [0.29, 0.717) is 0 Å². The van der Waals surface area contributed by atoms with Gasteiger partial charge in [0.1, 0.15) is 12.3 Å². The molecular formula is C6H10BF5KN. The fraction of sp³-hybridized carbons (Fsp3) is 1.00. The Labute approximate surface area is 122 Å². The predicted molar refractivity (Wildman–Crippen MR) is 40.1 cm³/mol. The maximum Gasteiger partial charge on any atom is 1.00 e. The van der Waals surface area contributed by atoms with Crippen LogP contribution in [-0.4, -0.2) is 43.9 Å². The topological polar surface area (TPSA) is 3.24 Å². The Hall–Kier alpha value is 1.31. The van der Waals surface area contributed by atoms with E-state index in [2.05, 4.69) is 0 Å². The van der Waals surface area contributed by atoms with E-state index < -0.39 is 25.6 Å². The summed E-state index contributed by atoms with van der Waals surface area (Å²) >= 11 is 0. The Morgan fingerprint density at radius 1 is 1.07 bits per heavy atom. The molecule has 1 fully saturated rings. The molecule has 0 aromatic rings. The number of alkyl halides is 2. The van der Waals surface area contributed by atoms with Gasteiger partial charge >= 0.3 is 58.4 Å². The van der Waals surface area contributed by atoms with Crippen LogP contribution < -0.4 is 51.4 Å². The van der Waals surface area contributed by atoms with Crippen LogP contribution in [0.2, 0.25) is 6.32 Å². The average Bonchev–Trinajstić information content (AvgIpc) is 2.27. The van der Waals surface area contributed by atoms with Crippen LogP contribution in [0.3, 0.4) is 0 Å². The summed E-state index contributed by atoms with van der Waals surface area (Å²) in [7, 11) is 0. The van der Waals surface area contributed by atoms with Crippen molar-refractivity contribution in [1.82, 2.24) is 4.90 Å². The average molecular weight is 241 g/mol. The summed E-state index contributed by atoms with van der Waals surface area (Å²) < 4.78 is 60.2. The van der Waals surface area contributed by atoms with E-state index in [1.807, 2.05) is 0 Å². The van der Waals surface area contributed by atoms with Crippen LogP contribution in [0.15, 0.2) is 0 Å². The Morgan fingerprint density at radius 2 is 1.50 bits per heavy atom. The van der Waals surface area contributed by atoms with Crippen molar-refractivity contribution in [1.29, 1.82) is 0 Å². The summed E-state index contributed by atoms with van der Waals surface area (Å²) in [5, 5.41) is 0. The quantitative estimate of drug-likeness (QED) is 0.444. The van der Waals surface area contributed by atoms with Gasteiger partial charge in [0, 0.05) is 13.1 Å². The van der Waals surface area contributed by atoms with Crippen LogP contribution >= 0.6 is 0 Å². The van der Waals surface area contributed by atoms with Gasteiger partial charge in [-0.1, -0.05) is 6.32 Å². The molecule has 0 radical (unpaired) electrons. The fourth-order valence-corrected chi connectivity index (χ4v) is 1.31. The number of likely N-dealkylation sites (tertiary alicyclic amines) is 1. The van der Waals surface area contributed by atoms with Crippen molar-refractivity contribution in [2.45, 2.75) is 18.7 Å². The normalized spacial score (nSPS) is 28.9. The van der Waals surface area contributed by atoms with E-state index in [1.54, 1.807) is 0 Å². The zero-order valence-corrected chi connectivity index (χ0v) is 11.0. The second kappa shape index (κ2) is 6.15. The summed E-state index contributed by atoms with van der Waals surface area (Å²) in [5.41, 5.74) is 0. The Balaban J connectivity index is 0.00000169. The third kappa shape index (κ3) is 5.41. The largest absolute Gasteiger partial charge is 1.00 e. The molecule has 0 spiro atoms. The third-order valence-electron chi connectivity index (χ3n) is 2.03. The predicted octanol–water partition coefficient (Wildman–Crippen LogP) is -1.17. The zero-order valence-electron chi connectivity index (χ0n) is 7.90. The zero-order chi connectivity index (χ0) is 10.1. The molecule has 0 bridgehead atoms. The summed E-state index contributed by atoms with van der Waals surface area (Å²) in [5.74, 6) is 0. The summed E-state index contributed by atoms with van der Waals surface area (Å²) in [4.78, 5) is 1.17. The third-order valence-corrected chi connectivity index (χ3v) is 2.03. The Kier molecular flexibility index (Phi) is 6.72. The van der Waals surface area contributed by atoms with Crippen LogP contribution in [0.1, 0.15) is 0 Å².